The molecule has 31 heavy (non-hydrogen) atoms. The largest absolute Gasteiger partial charge is 0.495 e. The summed E-state index contributed by atoms with van der Waals surface area (Å²) in [5.41, 5.74) is 3.10. The molecule has 0 saturated heterocycles. The first-order valence-electron chi connectivity index (χ1n) is 9.73. The molecule has 8 heteroatoms. The minimum Gasteiger partial charge on any atom is -0.495 e. The lowest BCUT2D eigenvalue weighted by molar-refractivity contribution is -0.118. The number of rotatable bonds is 8. The van der Waals surface area contributed by atoms with Crippen molar-refractivity contribution in [3.05, 3.63) is 77.2 Å². The Morgan fingerprint density at radius 1 is 1.10 bits per heavy atom. The number of hydrogen-bond acceptors (Lipinski definition) is 6. The van der Waals surface area contributed by atoms with E-state index in [1.807, 2.05) is 77.5 Å². The molecule has 0 aliphatic rings. The van der Waals surface area contributed by atoms with Gasteiger partial charge >= 0.3 is 0 Å². The smallest absolute Gasteiger partial charge is 0.230 e. The zero-order valence-electron chi connectivity index (χ0n) is 17.2. The Morgan fingerprint density at radius 3 is 2.65 bits per heavy atom. The van der Waals surface area contributed by atoms with Gasteiger partial charge in [0.15, 0.2) is 11.0 Å². The van der Waals surface area contributed by atoms with Crippen LogP contribution in [0.15, 0.2) is 71.2 Å². The van der Waals surface area contributed by atoms with E-state index < -0.39 is 0 Å². The van der Waals surface area contributed by atoms with Crippen LogP contribution in [-0.2, 0) is 11.3 Å². The standard InChI is InChI=1S/C23H22N4O2S2/c1-16-9-11-17(12-10-16)14-24-21(28)15-31-23-26-25-22(20-8-5-13-30-20)27(23)18-6-3-4-7-19(18)29-2/h3-13H,14-15H2,1-2H3,(H,24,28). The number of amides is 1. The van der Waals surface area contributed by atoms with E-state index in [0.29, 0.717) is 17.5 Å². The summed E-state index contributed by atoms with van der Waals surface area (Å²) < 4.78 is 7.50. The Hall–Kier alpha value is -3.10. The lowest BCUT2D eigenvalue weighted by Gasteiger charge is -2.13. The average molecular weight is 451 g/mol. The highest BCUT2D eigenvalue weighted by molar-refractivity contribution is 7.99. The predicted octanol–water partition coefficient (Wildman–Crippen LogP) is 4.72. The number of hydrogen-bond donors (Lipinski definition) is 1. The van der Waals surface area contributed by atoms with Crippen LogP contribution in [0.3, 0.4) is 0 Å². The second kappa shape index (κ2) is 9.80. The van der Waals surface area contributed by atoms with Crippen LogP contribution in [0.5, 0.6) is 5.75 Å². The average Bonchev–Trinajstić information content (AvgIpc) is 3.47. The Labute approximate surface area is 189 Å². The molecule has 4 aromatic rings. The highest BCUT2D eigenvalue weighted by atomic mass is 32.2. The Morgan fingerprint density at radius 2 is 1.90 bits per heavy atom. The van der Waals surface area contributed by atoms with Crippen LogP contribution in [0.2, 0.25) is 0 Å². The van der Waals surface area contributed by atoms with Gasteiger partial charge < -0.3 is 10.1 Å². The molecule has 6 nitrogen and oxygen atoms in total. The van der Waals surface area contributed by atoms with Crippen molar-refractivity contribution in [3.63, 3.8) is 0 Å². The van der Waals surface area contributed by atoms with Crippen LogP contribution in [0.25, 0.3) is 16.4 Å². The molecular formula is C23H22N4O2S2. The first kappa shape index (κ1) is 21.1. The molecule has 0 fully saturated rings. The number of thioether (sulfide) groups is 1. The van der Waals surface area contributed by atoms with Crippen LogP contribution < -0.4 is 10.1 Å². The van der Waals surface area contributed by atoms with Crippen LogP contribution in [-0.4, -0.2) is 33.5 Å². The maximum atomic E-state index is 12.5. The number of aromatic nitrogens is 3. The SMILES string of the molecule is COc1ccccc1-n1c(SCC(=O)NCc2ccc(C)cc2)nnc1-c1cccs1. The van der Waals surface area contributed by atoms with Crippen LogP contribution in [0.1, 0.15) is 11.1 Å². The topological polar surface area (TPSA) is 69.0 Å². The fraction of sp³-hybridized carbons (Fsp3) is 0.174. The highest BCUT2D eigenvalue weighted by Crippen LogP contribution is 2.33. The van der Waals surface area contributed by atoms with E-state index in [2.05, 4.69) is 15.5 Å². The maximum Gasteiger partial charge on any atom is 0.230 e. The molecule has 2 heterocycles. The molecule has 0 aliphatic heterocycles. The second-order valence-corrected chi connectivity index (χ2v) is 8.73. The van der Waals surface area contributed by atoms with Crippen molar-refractivity contribution in [2.45, 2.75) is 18.6 Å². The van der Waals surface area contributed by atoms with Gasteiger partial charge in [-0.25, -0.2) is 0 Å². The molecule has 4 rings (SSSR count). The van der Waals surface area contributed by atoms with E-state index in [4.69, 9.17) is 4.74 Å². The van der Waals surface area contributed by atoms with Crippen molar-refractivity contribution in [2.24, 2.45) is 0 Å². The van der Waals surface area contributed by atoms with Gasteiger partial charge in [0, 0.05) is 6.54 Å². The summed E-state index contributed by atoms with van der Waals surface area (Å²) in [5, 5.41) is 14.4. The summed E-state index contributed by atoms with van der Waals surface area (Å²) in [4.78, 5) is 13.4. The summed E-state index contributed by atoms with van der Waals surface area (Å²) in [5.74, 6) is 1.62. The summed E-state index contributed by atoms with van der Waals surface area (Å²) in [6.07, 6.45) is 0. The number of ether oxygens (including phenoxy) is 1. The van der Waals surface area contributed by atoms with Crippen molar-refractivity contribution >= 4 is 29.0 Å². The van der Waals surface area contributed by atoms with Gasteiger partial charge in [-0.15, -0.1) is 21.5 Å². The Balaban J connectivity index is 1.53. The zero-order valence-corrected chi connectivity index (χ0v) is 18.9. The molecule has 0 saturated carbocycles. The summed E-state index contributed by atoms with van der Waals surface area (Å²) in [6.45, 7) is 2.54. The fourth-order valence-corrected chi connectivity index (χ4v) is 4.52. The van der Waals surface area contributed by atoms with E-state index in [1.54, 1.807) is 18.4 Å². The first-order chi connectivity index (χ1) is 15.2. The highest BCUT2D eigenvalue weighted by Gasteiger charge is 2.20. The minimum absolute atomic E-state index is 0.0576. The lowest BCUT2D eigenvalue weighted by Crippen LogP contribution is -2.24. The zero-order chi connectivity index (χ0) is 21.6. The molecule has 1 amide bonds. The summed E-state index contributed by atoms with van der Waals surface area (Å²) in [6, 6.07) is 19.8. The van der Waals surface area contributed by atoms with Gasteiger partial charge in [0.25, 0.3) is 0 Å². The maximum absolute atomic E-state index is 12.5. The number of nitrogens with one attached hydrogen (secondary N) is 1. The molecule has 2 aromatic carbocycles. The number of nitrogens with zero attached hydrogens (tertiary/aromatic N) is 3. The number of methoxy groups -OCH3 is 1. The fourth-order valence-electron chi connectivity index (χ4n) is 3.05. The number of carbonyl (C=O) groups is 1. The van der Waals surface area contributed by atoms with Gasteiger partial charge in [0.1, 0.15) is 5.75 Å². The predicted molar refractivity (Wildman–Crippen MR) is 125 cm³/mol. The molecule has 0 atom stereocenters. The van der Waals surface area contributed by atoms with Gasteiger partial charge in [0.2, 0.25) is 5.91 Å². The Kier molecular flexibility index (Phi) is 6.69. The van der Waals surface area contributed by atoms with E-state index in [1.165, 1.54) is 17.3 Å². The van der Waals surface area contributed by atoms with Gasteiger partial charge in [-0.2, -0.15) is 0 Å². The number of aryl methyl sites for hydroxylation is 1. The molecule has 0 unspecified atom stereocenters. The molecule has 0 bridgehead atoms. The second-order valence-electron chi connectivity index (χ2n) is 6.84. The van der Waals surface area contributed by atoms with Crippen molar-refractivity contribution < 1.29 is 9.53 Å². The summed E-state index contributed by atoms with van der Waals surface area (Å²) >= 11 is 2.94. The molecular weight excluding hydrogens is 428 g/mol. The van der Waals surface area contributed by atoms with Crippen molar-refractivity contribution in [1.82, 2.24) is 20.1 Å². The van der Waals surface area contributed by atoms with E-state index >= 15 is 0 Å². The van der Waals surface area contributed by atoms with E-state index in [9.17, 15) is 4.79 Å². The number of para-hydroxylation sites is 2. The lowest BCUT2D eigenvalue weighted by atomic mass is 10.1. The van der Waals surface area contributed by atoms with Gasteiger partial charge in [-0.05, 0) is 36.1 Å². The van der Waals surface area contributed by atoms with Crippen molar-refractivity contribution in [1.29, 1.82) is 0 Å². The Bertz CT molecular complexity index is 1150. The number of benzene rings is 2. The molecule has 0 aliphatic carbocycles. The van der Waals surface area contributed by atoms with Gasteiger partial charge in [-0.1, -0.05) is 59.8 Å². The monoisotopic (exact) mass is 450 g/mol. The third-order valence-corrected chi connectivity index (χ3v) is 6.44. The minimum atomic E-state index is -0.0576. The molecule has 158 valence electrons. The number of thiophene rings is 1. The van der Waals surface area contributed by atoms with E-state index in [-0.39, 0.29) is 11.7 Å². The van der Waals surface area contributed by atoms with Crippen LogP contribution in [0, 0.1) is 6.92 Å². The van der Waals surface area contributed by atoms with Crippen LogP contribution >= 0.6 is 23.1 Å². The van der Waals surface area contributed by atoms with Gasteiger partial charge in [-0.3, -0.25) is 9.36 Å². The summed E-state index contributed by atoms with van der Waals surface area (Å²) in [7, 11) is 1.64. The molecule has 2 aromatic heterocycles. The normalized spacial score (nSPS) is 10.8. The number of carbonyl (C=O) groups excluding carboxylic acids is 1. The van der Waals surface area contributed by atoms with Crippen LogP contribution in [0.4, 0.5) is 0 Å². The van der Waals surface area contributed by atoms with E-state index in [0.717, 1.165) is 22.0 Å². The third kappa shape index (κ3) is 4.98. The molecule has 0 spiro atoms. The first-order valence-corrected chi connectivity index (χ1v) is 11.6. The van der Waals surface area contributed by atoms with Crippen molar-refractivity contribution in [3.8, 4) is 22.1 Å². The van der Waals surface area contributed by atoms with Crippen molar-refractivity contribution in [2.75, 3.05) is 12.9 Å². The van der Waals surface area contributed by atoms with Gasteiger partial charge in [0.05, 0.1) is 23.4 Å². The molecule has 1 N–H and O–H groups in total. The third-order valence-electron chi connectivity index (χ3n) is 4.64. The quantitative estimate of drug-likeness (QED) is 0.393. The molecule has 0 radical (unpaired) electrons.